The molecule has 0 atom stereocenters. The van der Waals surface area contributed by atoms with Gasteiger partial charge in [-0.1, -0.05) is 54.6 Å². The van der Waals surface area contributed by atoms with Gasteiger partial charge >= 0.3 is 0 Å². The fourth-order valence-corrected chi connectivity index (χ4v) is 2.89. The Morgan fingerprint density at radius 3 is 2.28 bits per heavy atom. The van der Waals surface area contributed by atoms with E-state index in [1.807, 2.05) is 13.0 Å². The van der Waals surface area contributed by atoms with Crippen molar-refractivity contribution in [3.8, 4) is 0 Å². The standard InChI is InChI=1S/C14H15Br.C3H6/c1-5-12-9(2)11-7-6-10(15)8-13(11)14(12,3)4;1-3-2/h5-8H,1H2,2-4H3;3H,1H2,2H3. The third-order valence-electron chi connectivity index (χ3n) is 3.34. The van der Waals surface area contributed by atoms with E-state index in [1.165, 1.54) is 22.3 Å². The molecule has 0 fully saturated rings. The highest BCUT2D eigenvalue weighted by Crippen LogP contribution is 2.46. The van der Waals surface area contributed by atoms with E-state index in [9.17, 15) is 0 Å². The minimum atomic E-state index is 0.0882. The minimum absolute atomic E-state index is 0.0882. The molecule has 1 aliphatic carbocycles. The summed E-state index contributed by atoms with van der Waals surface area (Å²) in [6, 6.07) is 6.51. The lowest BCUT2D eigenvalue weighted by molar-refractivity contribution is 0.654. The molecular weight excluding hydrogens is 284 g/mol. The van der Waals surface area contributed by atoms with Crippen molar-refractivity contribution in [2.45, 2.75) is 33.1 Å². The first kappa shape index (κ1) is 15.0. The van der Waals surface area contributed by atoms with Gasteiger partial charge in [-0.05, 0) is 48.3 Å². The fourth-order valence-electron chi connectivity index (χ4n) is 2.53. The Hall–Kier alpha value is -1.08. The number of allylic oxidation sites excluding steroid dienone is 4. The molecular formula is C17H21Br. The quantitative estimate of drug-likeness (QED) is 0.567. The molecule has 0 heterocycles. The van der Waals surface area contributed by atoms with E-state index >= 15 is 0 Å². The second-order valence-corrected chi connectivity index (χ2v) is 5.88. The average molecular weight is 305 g/mol. The third kappa shape index (κ3) is 2.51. The van der Waals surface area contributed by atoms with Crippen LogP contribution in [-0.2, 0) is 5.41 Å². The van der Waals surface area contributed by atoms with E-state index in [2.05, 4.69) is 68.1 Å². The predicted octanol–water partition coefficient (Wildman–Crippen LogP) is 5.89. The van der Waals surface area contributed by atoms with Crippen LogP contribution in [0.2, 0.25) is 0 Å². The first-order valence-corrected chi connectivity index (χ1v) is 6.90. The van der Waals surface area contributed by atoms with Crippen LogP contribution in [-0.4, -0.2) is 0 Å². The van der Waals surface area contributed by atoms with Crippen molar-refractivity contribution >= 4 is 21.5 Å². The SMILES string of the molecule is C=CC.C=CC1=C(C)c2ccc(Br)cc2C1(C)C. The summed E-state index contributed by atoms with van der Waals surface area (Å²) < 4.78 is 1.15. The lowest BCUT2D eigenvalue weighted by Gasteiger charge is -2.22. The van der Waals surface area contributed by atoms with Crippen molar-refractivity contribution in [1.82, 2.24) is 0 Å². The van der Waals surface area contributed by atoms with E-state index in [0.29, 0.717) is 0 Å². The van der Waals surface area contributed by atoms with Gasteiger partial charge in [-0.15, -0.1) is 6.58 Å². The lowest BCUT2D eigenvalue weighted by Crippen LogP contribution is -2.15. The fraction of sp³-hybridized carbons (Fsp3) is 0.294. The Morgan fingerprint density at radius 1 is 1.22 bits per heavy atom. The van der Waals surface area contributed by atoms with Crippen LogP contribution >= 0.6 is 15.9 Å². The van der Waals surface area contributed by atoms with Crippen LogP contribution < -0.4 is 0 Å². The second-order valence-electron chi connectivity index (χ2n) is 4.97. The zero-order chi connectivity index (χ0) is 13.9. The predicted molar refractivity (Wildman–Crippen MR) is 85.8 cm³/mol. The number of fused-ring (bicyclic) bond motifs is 1. The van der Waals surface area contributed by atoms with Crippen molar-refractivity contribution < 1.29 is 0 Å². The van der Waals surface area contributed by atoms with Gasteiger partial charge in [-0.25, -0.2) is 0 Å². The molecule has 0 nitrogen and oxygen atoms in total. The Kier molecular flexibility index (Phi) is 4.75. The zero-order valence-corrected chi connectivity index (χ0v) is 13.3. The number of halogens is 1. The van der Waals surface area contributed by atoms with Crippen LogP contribution in [0.5, 0.6) is 0 Å². The van der Waals surface area contributed by atoms with E-state index in [0.717, 1.165) is 4.47 Å². The monoisotopic (exact) mass is 304 g/mol. The van der Waals surface area contributed by atoms with E-state index < -0.39 is 0 Å². The molecule has 0 saturated heterocycles. The number of rotatable bonds is 1. The maximum Gasteiger partial charge on any atom is 0.0178 e. The summed E-state index contributed by atoms with van der Waals surface area (Å²) >= 11 is 3.53. The maximum absolute atomic E-state index is 3.92. The Morgan fingerprint density at radius 2 is 1.78 bits per heavy atom. The van der Waals surface area contributed by atoms with E-state index in [-0.39, 0.29) is 5.41 Å². The normalized spacial score (nSPS) is 15.6. The number of hydrogen-bond acceptors (Lipinski definition) is 0. The topological polar surface area (TPSA) is 0 Å². The van der Waals surface area contributed by atoms with Crippen molar-refractivity contribution in [2.75, 3.05) is 0 Å². The summed E-state index contributed by atoms with van der Waals surface area (Å²) in [5, 5.41) is 0. The Bertz CT molecular complexity index is 504. The van der Waals surface area contributed by atoms with Crippen molar-refractivity contribution in [1.29, 1.82) is 0 Å². The number of benzene rings is 1. The van der Waals surface area contributed by atoms with Gasteiger partial charge in [-0.3, -0.25) is 0 Å². The molecule has 96 valence electrons. The van der Waals surface area contributed by atoms with Gasteiger partial charge in [0.05, 0.1) is 0 Å². The highest BCUT2D eigenvalue weighted by molar-refractivity contribution is 9.10. The molecule has 0 saturated carbocycles. The molecule has 2 rings (SSSR count). The summed E-state index contributed by atoms with van der Waals surface area (Å²) in [5.74, 6) is 0. The van der Waals surface area contributed by atoms with Crippen molar-refractivity contribution in [2.24, 2.45) is 0 Å². The molecule has 0 radical (unpaired) electrons. The molecule has 0 spiro atoms. The van der Waals surface area contributed by atoms with Crippen LogP contribution in [0.4, 0.5) is 0 Å². The van der Waals surface area contributed by atoms with Crippen LogP contribution in [0, 0.1) is 0 Å². The van der Waals surface area contributed by atoms with Gasteiger partial charge in [0, 0.05) is 9.89 Å². The van der Waals surface area contributed by atoms with Gasteiger partial charge in [0.25, 0.3) is 0 Å². The average Bonchev–Trinajstić information content (AvgIpc) is 2.47. The molecule has 1 heteroatoms. The molecule has 0 aromatic heterocycles. The van der Waals surface area contributed by atoms with Gasteiger partial charge < -0.3 is 0 Å². The molecule has 1 aliphatic rings. The zero-order valence-electron chi connectivity index (χ0n) is 11.7. The maximum atomic E-state index is 3.92. The largest absolute Gasteiger partial charge is 0.103 e. The van der Waals surface area contributed by atoms with E-state index in [1.54, 1.807) is 6.08 Å². The summed E-state index contributed by atoms with van der Waals surface area (Å²) in [5.41, 5.74) is 5.54. The Balaban J connectivity index is 0.000000492. The molecule has 18 heavy (non-hydrogen) atoms. The summed E-state index contributed by atoms with van der Waals surface area (Å²) in [6.45, 7) is 15.9. The van der Waals surface area contributed by atoms with Crippen LogP contribution in [0.15, 0.2) is 53.6 Å². The molecule has 0 aliphatic heterocycles. The van der Waals surface area contributed by atoms with Crippen molar-refractivity contribution in [3.05, 3.63) is 64.7 Å². The van der Waals surface area contributed by atoms with Crippen LogP contribution in [0.25, 0.3) is 5.57 Å². The van der Waals surface area contributed by atoms with Gasteiger partial charge in [0.1, 0.15) is 0 Å². The summed E-state index contributed by atoms with van der Waals surface area (Å²) in [7, 11) is 0. The molecule has 0 bridgehead atoms. The molecule has 1 aromatic rings. The first-order chi connectivity index (χ1) is 8.39. The first-order valence-electron chi connectivity index (χ1n) is 6.11. The third-order valence-corrected chi connectivity index (χ3v) is 3.83. The van der Waals surface area contributed by atoms with E-state index in [4.69, 9.17) is 0 Å². The molecule has 0 amide bonds. The lowest BCUT2D eigenvalue weighted by atomic mass is 9.81. The van der Waals surface area contributed by atoms with Crippen LogP contribution in [0.1, 0.15) is 38.8 Å². The van der Waals surface area contributed by atoms with Gasteiger partial charge in [0.2, 0.25) is 0 Å². The van der Waals surface area contributed by atoms with Crippen molar-refractivity contribution in [3.63, 3.8) is 0 Å². The van der Waals surface area contributed by atoms with Gasteiger partial charge in [-0.2, -0.15) is 0 Å². The minimum Gasteiger partial charge on any atom is -0.103 e. The highest BCUT2D eigenvalue weighted by atomic mass is 79.9. The smallest absolute Gasteiger partial charge is 0.0178 e. The van der Waals surface area contributed by atoms with Gasteiger partial charge in [0.15, 0.2) is 0 Å². The summed E-state index contributed by atoms with van der Waals surface area (Å²) in [4.78, 5) is 0. The molecule has 0 N–H and O–H groups in total. The summed E-state index contributed by atoms with van der Waals surface area (Å²) in [6.07, 6.45) is 3.74. The second kappa shape index (κ2) is 5.71. The highest BCUT2D eigenvalue weighted by Gasteiger charge is 2.34. The Labute approximate surface area is 119 Å². The molecule has 1 aromatic carbocycles. The molecule has 0 unspecified atom stereocenters. The number of hydrogen-bond donors (Lipinski definition) is 0. The van der Waals surface area contributed by atoms with Crippen LogP contribution in [0.3, 0.4) is 0 Å².